The van der Waals surface area contributed by atoms with Crippen LogP contribution in [0.5, 0.6) is 0 Å². The number of rotatable bonds is 50. The number of unbranched alkanes of at least 4 members (excludes halogenated alkanes) is 17. The quantitative estimate of drug-likeness (QED) is 0.0268. The zero-order chi connectivity index (χ0) is 49.4. The topological polar surface area (TPSA) is 117 Å². The molecular formula is C59H100NO7P. The van der Waals surface area contributed by atoms with Gasteiger partial charge in [0.05, 0.1) is 19.8 Å². The van der Waals surface area contributed by atoms with Gasteiger partial charge in [-0.3, -0.25) is 13.8 Å². The molecule has 0 aromatic heterocycles. The average molecular weight is 966 g/mol. The van der Waals surface area contributed by atoms with Crippen molar-refractivity contribution < 1.29 is 32.8 Å². The number of carbonyl (C=O) groups excluding carboxylic acids is 1. The van der Waals surface area contributed by atoms with Gasteiger partial charge in [0.1, 0.15) is 6.10 Å². The largest absolute Gasteiger partial charge is 0.472 e. The van der Waals surface area contributed by atoms with Crippen molar-refractivity contribution in [3.8, 4) is 0 Å². The standard InChI is InChI=1S/C59H100NO7P/c1-3-5-7-9-11-13-15-17-19-21-23-25-27-28-29-31-33-35-37-39-41-43-45-47-49-51-54-64-56-58(57-66-68(62,63)65-55-53-60)67-59(61)52-50-48-46-44-42-40-38-36-34-32-30-26-24-22-20-18-16-14-12-10-8-6-4-2/h5-8,11-14,17-20,23-26,28-29,33,35,58H,3-4,9-10,15-16,21-22,27,30-32,34,36-57,60H2,1-2H3,(H,62,63)/b7-5-,8-6-,13-11-,14-12-,19-17-,20-18-,25-23-,26-24-,29-28-,35-33-. The molecule has 0 aromatic carbocycles. The predicted octanol–water partition coefficient (Wildman–Crippen LogP) is 17.3. The van der Waals surface area contributed by atoms with E-state index in [1.165, 1.54) is 77.0 Å². The lowest BCUT2D eigenvalue weighted by Crippen LogP contribution is -2.28. The van der Waals surface area contributed by atoms with Gasteiger partial charge in [0.15, 0.2) is 0 Å². The fourth-order valence-corrected chi connectivity index (χ4v) is 7.76. The van der Waals surface area contributed by atoms with Gasteiger partial charge >= 0.3 is 13.8 Å². The molecule has 9 heteroatoms. The Hall–Kier alpha value is -3.10. The molecule has 68 heavy (non-hydrogen) atoms. The Morgan fingerprint density at radius 1 is 0.441 bits per heavy atom. The van der Waals surface area contributed by atoms with Crippen LogP contribution < -0.4 is 5.73 Å². The van der Waals surface area contributed by atoms with E-state index in [0.717, 1.165) is 109 Å². The van der Waals surface area contributed by atoms with Crippen molar-refractivity contribution in [1.82, 2.24) is 0 Å². The molecule has 0 aliphatic heterocycles. The SMILES string of the molecule is CC/C=C\C/C=C\C/C=C\C/C=C\C/C=C\C/C=C\CCCCCCCCCOCC(COP(=O)(O)OCCN)OC(=O)CCCCCCCCCCCC/C=C\C/C=C\C/C=C\C/C=C\CC. The van der Waals surface area contributed by atoms with Crippen molar-refractivity contribution in [2.45, 2.75) is 213 Å². The summed E-state index contributed by atoms with van der Waals surface area (Å²) in [5.41, 5.74) is 5.40. The number of hydrogen-bond acceptors (Lipinski definition) is 7. The van der Waals surface area contributed by atoms with Crippen LogP contribution in [0, 0.1) is 0 Å². The fraction of sp³-hybridized carbons (Fsp3) is 0.644. The highest BCUT2D eigenvalue weighted by Crippen LogP contribution is 2.43. The van der Waals surface area contributed by atoms with Crippen molar-refractivity contribution in [3.63, 3.8) is 0 Å². The van der Waals surface area contributed by atoms with E-state index in [4.69, 9.17) is 24.3 Å². The first-order chi connectivity index (χ1) is 33.4. The number of phosphoric ester groups is 1. The van der Waals surface area contributed by atoms with E-state index in [1.54, 1.807) is 0 Å². The zero-order valence-corrected chi connectivity index (χ0v) is 44.2. The molecule has 2 atom stereocenters. The molecular weight excluding hydrogens is 866 g/mol. The van der Waals surface area contributed by atoms with Crippen LogP contribution in [0.2, 0.25) is 0 Å². The van der Waals surface area contributed by atoms with E-state index in [0.29, 0.717) is 13.0 Å². The molecule has 0 heterocycles. The third kappa shape index (κ3) is 53.8. The molecule has 0 aliphatic rings. The van der Waals surface area contributed by atoms with Crippen LogP contribution in [-0.4, -0.2) is 49.9 Å². The van der Waals surface area contributed by atoms with Crippen LogP contribution in [0.25, 0.3) is 0 Å². The van der Waals surface area contributed by atoms with Crippen LogP contribution in [0.1, 0.15) is 206 Å². The number of hydrogen-bond donors (Lipinski definition) is 2. The molecule has 0 radical (unpaired) electrons. The van der Waals surface area contributed by atoms with Crippen molar-refractivity contribution >= 4 is 13.8 Å². The lowest BCUT2D eigenvalue weighted by molar-refractivity contribution is -0.154. The first kappa shape index (κ1) is 64.9. The molecule has 0 aliphatic carbocycles. The summed E-state index contributed by atoms with van der Waals surface area (Å²) < 4.78 is 33.6. The van der Waals surface area contributed by atoms with Crippen LogP contribution in [-0.2, 0) is 27.9 Å². The summed E-state index contributed by atoms with van der Waals surface area (Å²) in [4.78, 5) is 22.6. The van der Waals surface area contributed by atoms with Gasteiger partial charge in [0, 0.05) is 19.6 Å². The maximum Gasteiger partial charge on any atom is 0.472 e. The van der Waals surface area contributed by atoms with Crippen LogP contribution in [0.3, 0.4) is 0 Å². The normalized spacial score (nSPS) is 14.2. The second kappa shape index (κ2) is 54.8. The van der Waals surface area contributed by atoms with Gasteiger partial charge in [-0.05, 0) is 103 Å². The van der Waals surface area contributed by atoms with Crippen molar-refractivity contribution in [2.24, 2.45) is 5.73 Å². The van der Waals surface area contributed by atoms with Gasteiger partial charge in [-0.15, -0.1) is 0 Å². The molecule has 0 saturated heterocycles. The van der Waals surface area contributed by atoms with E-state index >= 15 is 0 Å². The second-order valence-corrected chi connectivity index (χ2v) is 18.8. The minimum atomic E-state index is -4.30. The Bertz CT molecular complexity index is 1460. The smallest absolute Gasteiger partial charge is 0.457 e. The van der Waals surface area contributed by atoms with Gasteiger partial charge < -0.3 is 20.1 Å². The van der Waals surface area contributed by atoms with E-state index in [9.17, 15) is 14.3 Å². The minimum Gasteiger partial charge on any atom is -0.457 e. The summed E-state index contributed by atoms with van der Waals surface area (Å²) in [6, 6.07) is 0. The molecule has 0 rings (SSSR count). The van der Waals surface area contributed by atoms with E-state index in [2.05, 4.69) is 135 Å². The molecule has 2 unspecified atom stereocenters. The molecule has 0 amide bonds. The summed E-state index contributed by atoms with van der Waals surface area (Å²) in [6.45, 7) is 4.65. The Kier molecular flexibility index (Phi) is 52.3. The monoisotopic (exact) mass is 966 g/mol. The number of carbonyl (C=O) groups is 1. The van der Waals surface area contributed by atoms with E-state index < -0.39 is 13.9 Å². The maximum absolute atomic E-state index is 12.7. The van der Waals surface area contributed by atoms with E-state index in [-0.39, 0.29) is 32.3 Å². The van der Waals surface area contributed by atoms with Gasteiger partial charge in [0.25, 0.3) is 0 Å². The van der Waals surface area contributed by atoms with E-state index in [1.807, 2.05) is 0 Å². The Balaban J connectivity index is 4.00. The summed E-state index contributed by atoms with van der Waals surface area (Å²) in [7, 11) is -4.30. The average Bonchev–Trinajstić information content (AvgIpc) is 3.33. The fourth-order valence-electron chi connectivity index (χ4n) is 6.99. The summed E-state index contributed by atoms with van der Waals surface area (Å²) in [5.74, 6) is -0.344. The van der Waals surface area contributed by atoms with Crippen LogP contribution in [0.4, 0.5) is 0 Å². The number of nitrogens with two attached hydrogens (primary N) is 1. The predicted molar refractivity (Wildman–Crippen MR) is 293 cm³/mol. The number of ether oxygens (including phenoxy) is 2. The number of esters is 1. The zero-order valence-electron chi connectivity index (χ0n) is 43.3. The highest BCUT2D eigenvalue weighted by Gasteiger charge is 2.25. The highest BCUT2D eigenvalue weighted by atomic mass is 31.2. The Labute approximate surface area is 417 Å². The summed E-state index contributed by atoms with van der Waals surface area (Å²) in [5, 5.41) is 0. The molecule has 0 fully saturated rings. The summed E-state index contributed by atoms with van der Waals surface area (Å²) >= 11 is 0. The Morgan fingerprint density at radius 2 is 0.779 bits per heavy atom. The van der Waals surface area contributed by atoms with Gasteiger partial charge in [-0.1, -0.05) is 219 Å². The van der Waals surface area contributed by atoms with Gasteiger partial charge in [-0.25, -0.2) is 4.57 Å². The second-order valence-electron chi connectivity index (χ2n) is 17.3. The molecule has 3 N–H and O–H groups in total. The Morgan fingerprint density at radius 3 is 1.16 bits per heavy atom. The molecule has 0 bridgehead atoms. The number of allylic oxidation sites excluding steroid dienone is 20. The maximum atomic E-state index is 12.7. The minimum absolute atomic E-state index is 0.0908. The lowest BCUT2D eigenvalue weighted by Gasteiger charge is -2.20. The van der Waals surface area contributed by atoms with Gasteiger partial charge in [-0.2, -0.15) is 0 Å². The third-order valence-corrected chi connectivity index (χ3v) is 11.9. The summed E-state index contributed by atoms with van der Waals surface area (Å²) in [6.07, 6.45) is 76.6. The van der Waals surface area contributed by atoms with Crippen LogP contribution >= 0.6 is 7.82 Å². The molecule has 388 valence electrons. The van der Waals surface area contributed by atoms with Crippen molar-refractivity contribution in [1.29, 1.82) is 0 Å². The first-order valence-electron chi connectivity index (χ1n) is 27.0. The molecule has 8 nitrogen and oxygen atoms in total. The highest BCUT2D eigenvalue weighted by molar-refractivity contribution is 7.47. The molecule has 0 aromatic rings. The number of phosphoric acid groups is 1. The molecule has 0 saturated carbocycles. The van der Waals surface area contributed by atoms with Crippen molar-refractivity contribution in [3.05, 3.63) is 122 Å². The van der Waals surface area contributed by atoms with Crippen molar-refractivity contribution in [2.75, 3.05) is 33.0 Å². The third-order valence-electron chi connectivity index (χ3n) is 10.9. The van der Waals surface area contributed by atoms with Gasteiger partial charge in [0.2, 0.25) is 0 Å². The lowest BCUT2D eigenvalue weighted by atomic mass is 10.0. The molecule has 0 spiro atoms. The van der Waals surface area contributed by atoms with Crippen LogP contribution in [0.15, 0.2) is 122 Å². The first-order valence-corrected chi connectivity index (χ1v) is 28.5.